The first-order valence-electron chi connectivity index (χ1n) is 3.71. The Bertz CT molecular complexity index is 385. The van der Waals surface area contributed by atoms with Crippen LogP contribution in [0.2, 0.25) is 0 Å². The molecule has 1 heterocycles. The first-order chi connectivity index (χ1) is 5.29. The van der Waals surface area contributed by atoms with Gasteiger partial charge in [-0.05, 0) is 29.0 Å². The highest BCUT2D eigenvalue weighted by molar-refractivity contribution is 7.34. The van der Waals surface area contributed by atoms with Gasteiger partial charge in [0.25, 0.3) is 0 Å². The Morgan fingerprint density at radius 1 is 1.18 bits per heavy atom. The lowest BCUT2D eigenvalue weighted by molar-refractivity contribution is 1.55. The van der Waals surface area contributed by atoms with Crippen molar-refractivity contribution in [2.45, 2.75) is 6.92 Å². The Hall–Kier alpha value is -0.820. The number of hydrogen-bond donors (Lipinski definition) is 0. The monoisotopic (exact) mass is 163 g/mol. The first kappa shape index (κ1) is 6.86. The molecule has 0 radical (unpaired) electrons. The van der Waals surface area contributed by atoms with Gasteiger partial charge in [0.1, 0.15) is 11.6 Å². The van der Waals surface area contributed by atoms with E-state index in [2.05, 4.69) is 42.8 Å². The number of benzene rings is 1. The Morgan fingerprint density at radius 2 is 2.00 bits per heavy atom. The van der Waals surface area contributed by atoms with Gasteiger partial charge < -0.3 is 0 Å². The minimum Gasteiger partial charge on any atom is -0.0583 e. The normalized spacial score (nSPS) is 12.4. The van der Waals surface area contributed by atoms with Crippen LogP contribution in [0.5, 0.6) is 0 Å². The van der Waals surface area contributed by atoms with Crippen LogP contribution in [0.25, 0.3) is 10.1 Å². The van der Waals surface area contributed by atoms with Crippen molar-refractivity contribution in [2.24, 2.45) is 6.26 Å². The lowest BCUT2D eigenvalue weighted by atomic mass is 10.2. The predicted molar refractivity (Wildman–Crippen MR) is 52.1 cm³/mol. The molecule has 1 aromatic heterocycles. The maximum Gasteiger partial charge on any atom is 0.180 e. The van der Waals surface area contributed by atoms with Gasteiger partial charge in [-0.25, -0.2) is 0 Å². The maximum atomic E-state index is 2.29. The highest BCUT2D eigenvalue weighted by Crippen LogP contribution is 2.30. The summed E-state index contributed by atoms with van der Waals surface area (Å²) >= 11 is 0. The summed E-state index contributed by atoms with van der Waals surface area (Å²) in [5.74, 6) is 0. The largest absolute Gasteiger partial charge is 0.180 e. The van der Waals surface area contributed by atoms with Crippen LogP contribution in [-0.4, -0.2) is 0 Å². The molecule has 0 saturated heterocycles. The molecular weight excluding hydrogens is 152 g/mol. The molecule has 0 spiro atoms. The molecule has 0 aliphatic rings. The fourth-order valence-electron chi connectivity index (χ4n) is 1.39. The summed E-state index contributed by atoms with van der Waals surface area (Å²) in [6.07, 6.45) is 2.27. The van der Waals surface area contributed by atoms with Crippen LogP contribution in [0.4, 0.5) is 0 Å². The van der Waals surface area contributed by atoms with Crippen LogP contribution in [0, 0.1) is 6.92 Å². The van der Waals surface area contributed by atoms with Crippen molar-refractivity contribution in [3.05, 3.63) is 35.2 Å². The fourth-order valence-corrected chi connectivity index (χ4v) is 2.75. The van der Waals surface area contributed by atoms with E-state index in [1.165, 1.54) is 15.6 Å². The van der Waals surface area contributed by atoms with E-state index < -0.39 is 0 Å². The third-order valence-electron chi connectivity index (χ3n) is 2.07. The fraction of sp³-hybridized carbons (Fsp3) is 0.200. The van der Waals surface area contributed by atoms with E-state index in [0.717, 1.165) is 0 Å². The smallest absolute Gasteiger partial charge is 0.0583 e. The zero-order valence-electron chi connectivity index (χ0n) is 6.79. The van der Waals surface area contributed by atoms with Crippen LogP contribution in [0.15, 0.2) is 29.6 Å². The summed E-state index contributed by atoms with van der Waals surface area (Å²) in [4.78, 5) is 0. The summed E-state index contributed by atoms with van der Waals surface area (Å²) in [5, 5.41) is 3.73. The molecule has 0 bridgehead atoms. The second-order valence-corrected chi connectivity index (χ2v) is 4.67. The van der Waals surface area contributed by atoms with Gasteiger partial charge in [-0.1, -0.05) is 12.1 Å². The molecule has 0 nitrogen and oxygen atoms in total. The lowest BCUT2D eigenvalue weighted by Gasteiger charge is -1.89. The van der Waals surface area contributed by atoms with Crippen LogP contribution in [-0.2, 0) is 6.26 Å². The molecular formula is C10H11S+. The van der Waals surface area contributed by atoms with Crippen LogP contribution in [0.3, 0.4) is 0 Å². The van der Waals surface area contributed by atoms with E-state index in [0.29, 0.717) is 10.5 Å². The van der Waals surface area contributed by atoms with Gasteiger partial charge in [0, 0.05) is 11.5 Å². The molecule has 0 aliphatic carbocycles. The third kappa shape index (κ3) is 0.962. The molecule has 0 fully saturated rings. The van der Waals surface area contributed by atoms with Crippen molar-refractivity contribution in [1.82, 2.24) is 0 Å². The molecule has 56 valence electrons. The van der Waals surface area contributed by atoms with E-state index in [1.54, 1.807) is 0 Å². The average Bonchev–Trinajstić information content (AvgIpc) is 2.35. The highest BCUT2D eigenvalue weighted by Gasteiger charge is 2.07. The van der Waals surface area contributed by atoms with Gasteiger partial charge in [0.05, 0.1) is 0 Å². The second-order valence-electron chi connectivity index (χ2n) is 2.85. The van der Waals surface area contributed by atoms with Crippen molar-refractivity contribution in [3.63, 3.8) is 0 Å². The zero-order valence-corrected chi connectivity index (χ0v) is 7.61. The predicted octanol–water partition coefficient (Wildman–Crippen LogP) is 3.43. The lowest BCUT2D eigenvalue weighted by Crippen LogP contribution is -1.69. The van der Waals surface area contributed by atoms with E-state index >= 15 is 0 Å². The number of hydrogen-bond acceptors (Lipinski definition) is 0. The molecule has 11 heavy (non-hydrogen) atoms. The summed E-state index contributed by atoms with van der Waals surface area (Å²) in [6, 6.07) is 8.79. The van der Waals surface area contributed by atoms with Gasteiger partial charge in [0.2, 0.25) is 0 Å². The van der Waals surface area contributed by atoms with Crippen molar-refractivity contribution in [1.29, 1.82) is 0 Å². The van der Waals surface area contributed by atoms with Crippen molar-refractivity contribution in [2.75, 3.05) is 0 Å². The molecule has 2 rings (SSSR count). The molecule has 0 N–H and O–H groups in total. The molecule has 0 aliphatic heterocycles. The zero-order chi connectivity index (χ0) is 7.84. The Balaban J connectivity index is 2.94. The Labute approximate surface area is 69.5 Å². The second kappa shape index (κ2) is 2.35. The molecule has 2 aromatic rings. The molecule has 1 unspecified atom stereocenters. The maximum absolute atomic E-state index is 2.29. The molecule has 1 heteroatoms. The summed E-state index contributed by atoms with van der Waals surface area (Å²) in [7, 11) is 0.361. The van der Waals surface area contributed by atoms with Crippen molar-refractivity contribution < 1.29 is 0 Å². The van der Waals surface area contributed by atoms with Gasteiger partial charge in [-0.3, -0.25) is 0 Å². The topological polar surface area (TPSA) is 0 Å². The van der Waals surface area contributed by atoms with E-state index in [1.807, 2.05) is 0 Å². The van der Waals surface area contributed by atoms with E-state index in [4.69, 9.17) is 0 Å². The Kier molecular flexibility index (Phi) is 1.46. The van der Waals surface area contributed by atoms with Crippen molar-refractivity contribution in [3.8, 4) is 0 Å². The summed E-state index contributed by atoms with van der Waals surface area (Å²) in [5.41, 5.74) is 1.40. The number of rotatable bonds is 0. The number of thiophene rings is 1. The highest BCUT2D eigenvalue weighted by atomic mass is 32.2. The third-order valence-corrected chi connectivity index (χ3v) is 3.66. The van der Waals surface area contributed by atoms with Gasteiger partial charge in [-0.15, -0.1) is 0 Å². The average molecular weight is 163 g/mol. The van der Waals surface area contributed by atoms with E-state index in [9.17, 15) is 0 Å². The standard InChI is InChI=1S/C10H11S/c1-8-4-3-5-10-9(8)6-7-11(10)2/h3-7H,1-2H3/q+1. The molecule has 0 amide bonds. The molecule has 1 aromatic carbocycles. The molecule has 1 atom stereocenters. The number of aryl methyl sites for hydroxylation is 2. The van der Waals surface area contributed by atoms with Crippen LogP contribution < -0.4 is 0 Å². The minimum atomic E-state index is 0.361. The van der Waals surface area contributed by atoms with E-state index in [-0.39, 0.29) is 0 Å². The van der Waals surface area contributed by atoms with Crippen LogP contribution in [0.1, 0.15) is 5.56 Å². The van der Waals surface area contributed by atoms with Gasteiger partial charge >= 0.3 is 0 Å². The van der Waals surface area contributed by atoms with Crippen LogP contribution >= 0.6 is 10.5 Å². The quantitative estimate of drug-likeness (QED) is 0.522. The minimum absolute atomic E-state index is 0.361. The Morgan fingerprint density at radius 3 is 2.73 bits per heavy atom. The number of fused-ring (bicyclic) bond motifs is 1. The summed E-state index contributed by atoms with van der Waals surface area (Å²) in [6.45, 7) is 2.17. The first-order valence-corrected chi connectivity index (χ1v) is 5.41. The van der Waals surface area contributed by atoms with Gasteiger partial charge in [0.15, 0.2) is 4.70 Å². The SMILES string of the molecule is Cc1cccc2c1cc[s+]2C. The molecule has 0 saturated carbocycles. The summed E-state index contributed by atoms with van der Waals surface area (Å²) < 4.78 is 1.50. The van der Waals surface area contributed by atoms with Gasteiger partial charge in [-0.2, -0.15) is 0 Å². The van der Waals surface area contributed by atoms with Crippen molar-refractivity contribution >= 4 is 20.6 Å².